The van der Waals surface area contributed by atoms with Crippen LogP contribution in [0.4, 0.5) is 17.1 Å². The van der Waals surface area contributed by atoms with Crippen molar-refractivity contribution in [2.45, 2.75) is 48.9 Å². The zero-order valence-corrected chi connectivity index (χ0v) is 44.0. The summed E-state index contributed by atoms with van der Waals surface area (Å²) in [7, 11) is -7.89. The van der Waals surface area contributed by atoms with Crippen LogP contribution in [0.25, 0.3) is 21.8 Å². The van der Waals surface area contributed by atoms with Crippen molar-refractivity contribution >= 4 is 125 Å². The zero-order valence-electron chi connectivity index (χ0n) is 38.4. The molecule has 5 aromatic carbocycles. The third kappa shape index (κ3) is 15.7. The van der Waals surface area contributed by atoms with Crippen LogP contribution in [-0.2, 0) is 34.1 Å². The largest absolute Gasteiger partial charge is 0.480 e. The second-order valence-electron chi connectivity index (χ2n) is 15.1. The summed E-state index contributed by atoms with van der Waals surface area (Å²) in [6, 6.07) is 27.5. The van der Waals surface area contributed by atoms with Crippen molar-refractivity contribution in [3.05, 3.63) is 174 Å². The molecular weight excluding hydrogens is 1140 g/mol. The van der Waals surface area contributed by atoms with E-state index in [0.29, 0.717) is 55.0 Å². The molecule has 76 heavy (non-hydrogen) atoms. The molecule has 398 valence electrons. The van der Waals surface area contributed by atoms with Crippen molar-refractivity contribution in [3.8, 4) is 17.6 Å². The number of carbonyl (C=O) groups is 1. The number of halogens is 3. The Labute approximate surface area is 451 Å². The number of fused-ring (bicyclic) bond motifs is 2. The average Bonchev–Trinajstić information content (AvgIpc) is 3.85. The van der Waals surface area contributed by atoms with E-state index < -0.39 is 87.8 Å². The smallest absolute Gasteiger partial charge is 0.346 e. The number of nitriles is 1. The number of hydrogen-bond donors (Lipinski definition) is 1. The Balaban J connectivity index is 0.000000254. The first-order chi connectivity index (χ1) is 35.2. The second-order valence-corrected chi connectivity index (χ2v) is 22.5. The molecular formula is C46H38Cl3N7O16S4. The number of aryl methyl sites for hydroxylation is 3. The molecule has 23 nitrogen and oxygen atoms in total. The lowest BCUT2D eigenvalue weighted by molar-refractivity contribution is -0.388. The number of alkyl halides is 2. The van der Waals surface area contributed by atoms with Crippen molar-refractivity contribution in [1.82, 2.24) is 9.97 Å². The summed E-state index contributed by atoms with van der Waals surface area (Å²) < 4.78 is 82.4. The Kier molecular flexibility index (Phi) is 20.7. The third-order valence-corrected chi connectivity index (χ3v) is 14.8. The van der Waals surface area contributed by atoms with Crippen LogP contribution >= 0.6 is 45.6 Å². The predicted molar refractivity (Wildman–Crippen MR) is 284 cm³/mol. The fraction of sp³-hybridized carbons (Fsp3) is 0.152. The van der Waals surface area contributed by atoms with Crippen molar-refractivity contribution in [1.29, 1.82) is 5.26 Å². The van der Waals surface area contributed by atoms with E-state index in [9.17, 15) is 60.4 Å². The monoisotopic (exact) mass is 1180 g/mol. The fourth-order valence-electron chi connectivity index (χ4n) is 6.42. The molecule has 0 spiro atoms. The van der Waals surface area contributed by atoms with Gasteiger partial charge in [-0.2, -0.15) is 22.1 Å². The summed E-state index contributed by atoms with van der Waals surface area (Å²) in [6.07, 6.45) is 0. The van der Waals surface area contributed by atoms with Crippen molar-refractivity contribution in [2.75, 3.05) is 11.1 Å². The summed E-state index contributed by atoms with van der Waals surface area (Å²) in [5.41, 5.74) is 1.85. The van der Waals surface area contributed by atoms with Gasteiger partial charge in [0.25, 0.3) is 26.1 Å². The van der Waals surface area contributed by atoms with Crippen molar-refractivity contribution < 1.29 is 58.3 Å². The van der Waals surface area contributed by atoms with E-state index in [0.717, 1.165) is 24.3 Å². The van der Waals surface area contributed by atoms with Crippen LogP contribution in [0.2, 0.25) is 0 Å². The lowest BCUT2D eigenvalue weighted by Crippen LogP contribution is -2.17. The Hall–Kier alpha value is -7.58. The van der Waals surface area contributed by atoms with Gasteiger partial charge < -0.3 is 13.5 Å². The molecule has 30 heteroatoms. The first-order valence-corrected chi connectivity index (χ1v) is 27.7. The molecule has 1 N–H and O–H groups in total. The van der Waals surface area contributed by atoms with Crippen molar-refractivity contribution in [2.24, 2.45) is 4.99 Å². The minimum atomic E-state index is -4.45. The quantitative estimate of drug-likeness (QED) is 0.0390. The molecule has 0 aliphatic carbocycles. The Morgan fingerprint density at radius 3 is 1.47 bits per heavy atom. The van der Waals surface area contributed by atoms with Gasteiger partial charge in [-0.15, -0.1) is 35.0 Å². The maximum absolute atomic E-state index is 12.7. The lowest BCUT2D eigenvalue weighted by atomic mass is 10.2. The molecule has 0 bridgehead atoms. The highest BCUT2D eigenvalue weighted by atomic mass is 35.7. The van der Waals surface area contributed by atoms with Gasteiger partial charge in [-0.25, -0.2) is 23.2 Å². The number of rotatable bonds is 12. The number of carboxylic acids is 1. The van der Waals surface area contributed by atoms with E-state index in [-0.39, 0.29) is 30.0 Å². The number of thioether (sulfide) groups is 1. The van der Waals surface area contributed by atoms with Gasteiger partial charge in [0.05, 0.1) is 36.8 Å². The maximum atomic E-state index is 12.7. The van der Waals surface area contributed by atoms with Crippen LogP contribution in [-0.4, -0.2) is 83.2 Å². The molecule has 0 saturated carbocycles. The summed E-state index contributed by atoms with van der Waals surface area (Å²) >= 11 is 10.8. The molecule has 7 aromatic rings. The molecule has 8 rings (SSSR count). The first kappa shape index (κ1) is 61.0. The molecule has 0 saturated heterocycles. The lowest BCUT2D eigenvalue weighted by Gasteiger charge is -2.09. The number of carboxylic acid groups (broad SMARTS) is 1. The number of aliphatic imine (C=N–C) groups is 1. The highest BCUT2D eigenvalue weighted by molar-refractivity contribution is 8.14. The van der Waals surface area contributed by atoms with Crippen LogP contribution in [0.15, 0.2) is 135 Å². The molecule has 0 fully saturated rings. The summed E-state index contributed by atoms with van der Waals surface area (Å²) in [5.74, 6) is -0.704. The standard InChI is InChI=1S/C20H15N3O7S2.C17H11N3O5S.C7H6ClNO4S.CH2Cl2.CH4/c1-11-2-7-18(17(8-11)23(26)27)32(28,29)30-13-4-6-14-12(9-13)3-5-15(21-14)19-22-16(10-31-19)20(24)25;1-11-2-7-17(16(8-11)20(21)22)26(23,24)25-14-5-6-15-12(9-14)3-4-13(10-18)19-15;1-5-2-3-7(14(8,12)13)6(4-5)9(10)11;2-1-3;/h2-9,16H,10H2,1H3,(H,24,25);2-9H,1H3;2-4H,1H3;1H2;1H4/t16-;;;;/m1..../s1. The van der Waals surface area contributed by atoms with Gasteiger partial charge in [-0.05, 0) is 110 Å². The second kappa shape index (κ2) is 25.8. The van der Waals surface area contributed by atoms with E-state index in [1.807, 2.05) is 6.07 Å². The van der Waals surface area contributed by atoms with Gasteiger partial charge in [-0.3, -0.25) is 35.3 Å². The topological polar surface area (TPSA) is 350 Å². The van der Waals surface area contributed by atoms with E-state index in [1.165, 1.54) is 78.5 Å². The van der Waals surface area contributed by atoms with Gasteiger partial charge >= 0.3 is 26.2 Å². The van der Waals surface area contributed by atoms with Gasteiger partial charge in [0.2, 0.25) is 0 Å². The minimum absolute atomic E-state index is 0. The molecule has 3 heterocycles. The van der Waals surface area contributed by atoms with E-state index in [2.05, 4.69) is 15.0 Å². The molecule has 1 aliphatic rings. The van der Waals surface area contributed by atoms with Crippen LogP contribution < -0.4 is 8.37 Å². The van der Waals surface area contributed by atoms with Gasteiger partial charge in [0.15, 0.2) is 20.7 Å². The van der Waals surface area contributed by atoms with Crippen LogP contribution in [0.1, 0.15) is 35.5 Å². The number of hydrogen-bond acceptors (Lipinski definition) is 20. The number of aromatic nitrogens is 2. The van der Waals surface area contributed by atoms with E-state index >= 15 is 0 Å². The average molecular weight is 1180 g/mol. The maximum Gasteiger partial charge on any atom is 0.346 e. The summed E-state index contributed by atoms with van der Waals surface area (Å²) in [6.45, 7) is 4.86. The van der Waals surface area contributed by atoms with Crippen molar-refractivity contribution in [3.63, 3.8) is 0 Å². The Morgan fingerprint density at radius 2 is 1.08 bits per heavy atom. The van der Waals surface area contributed by atoms with Crippen LogP contribution in [0.3, 0.4) is 0 Å². The fourth-order valence-corrected chi connectivity index (χ4v) is 10.6. The molecule has 2 aromatic heterocycles. The summed E-state index contributed by atoms with van der Waals surface area (Å²) in [4.78, 5) is 52.9. The summed E-state index contributed by atoms with van der Waals surface area (Å²) in [5, 5.41) is 52.7. The van der Waals surface area contributed by atoms with Crippen LogP contribution in [0, 0.1) is 62.4 Å². The van der Waals surface area contributed by atoms with Crippen LogP contribution in [0.5, 0.6) is 11.5 Å². The number of nitro benzene ring substituents is 3. The van der Waals surface area contributed by atoms with Gasteiger partial charge in [-0.1, -0.05) is 31.7 Å². The number of pyridine rings is 2. The zero-order chi connectivity index (χ0) is 55.6. The molecule has 0 amide bonds. The van der Waals surface area contributed by atoms with E-state index in [1.54, 1.807) is 45.0 Å². The van der Waals surface area contributed by atoms with Gasteiger partial charge in [0, 0.05) is 45.4 Å². The van der Waals surface area contributed by atoms with E-state index in [4.69, 9.17) is 52.6 Å². The highest BCUT2D eigenvalue weighted by Crippen LogP contribution is 2.32. The van der Waals surface area contributed by atoms with Gasteiger partial charge in [0.1, 0.15) is 28.3 Å². The number of nitro groups is 3. The normalized spacial score (nSPS) is 12.9. The molecule has 0 unspecified atom stereocenters. The Bertz CT molecular complexity index is 3850. The number of nitrogens with zero attached hydrogens (tertiary/aromatic N) is 7. The number of aliphatic carboxylic acids is 1. The first-order valence-electron chi connectivity index (χ1n) is 20.5. The molecule has 1 aliphatic heterocycles. The predicted octanol–water partition coefficient (Wildman–Crippen LogP) is 10.1. The minimum Gasteiger partial charge on any atom is -0.480 e. The molecule has 0 radical (unpaired) electrons. The third-order valence-electron chi connectivity index (χ3n) is 9.74. The SMILES string of the molecule is C.Cc1ccc(S(=O)(=O)Cl)c([N+](=O)[O-])c1.Cc1ccc(S(=O)(=O)Oc2ccc3nc(C#N)ccc3c2)c([N+](=O)[O-])c1.Cc1ccc(S(=O)(=O)Oc2ccc3nc(C4=N[C@@H](C(=O)O)CS4)ccc3c2)c([N+](=O)[O-])c1.ClCCl. The highest BCUT2D eigenvalue weighted by Gasteiger charge is 2.30. The Morgan fingerprint density at radius 1 is 0.671 bits per heavy atom. The molecule has 1 atom stereocenters. The number of benzene rings is 5.